The SMILES string of the molecule is CC(C)(C)Oc1cncc(OC2CC2)c1. The lowest BCUT2D eigenvalue weighted by molar-refractivity contribution is 0.129. The van der Waals surface area contributed by atoms with Gasteiger partial charge in [0, 0.05) is 6.07 Å². The standard InChI is InChI=1S/C12H17NO2/c1-12(2,3)15-11-6-10(7-13-8-11)14-9-4-5-9/h6-9H,4-5H2,1-3H3. The van der Waals surface area contributed by atoms with E-state index in [2.05, 4.69) is 4.98 Å². The summed E-state index contributed by atoms with van der Waals surface area (Å²) >= 11 is 0. The molecule has 1 aromatic heterocycles. The van der Waals surface area contributed by atoms with Crippen molar-refractivity contribution in [3.05, 3.63) is 18.5 Å². The van der Waals surface area contributed by atoms with Crippen LogP contribution in [0.5, 0.6) is 11.5 Å². The fraction of sp³-hybridized carbons (Fsp3) is 0.583. The maximum Gasteiger partial charge on any atom is 0.142 e. The minimum atomic E-state index is -0.195. The Morgan fingerprint density at radius 2 is 1.87 bits per heavy atom. The van der Waals surface area contributed by atoms with Crippen LogP contribution >= 0.6 is 0 Å². The molecule has 1 saturated carbocycles. The van der Waals surface area contributed by atoms with Gasteiger partial charge in [-0.15, -0.1) is 0 Å². The number of nitrogens with zero attached hydrogens (tertiary/aromatic N) is 1. The topological polar surface area (TPSA) is 31.4 Å². The molecule has 1 aliphatic carbocycles. The summed E-state index contributed by atoms with van der Waals surface area (Å²) in [7, 11) is 0. The van der Waals surface area contributed by atoms with Gasteiger partial charge in [-0.1, -0.05) is 0 Å². The predicted molar refractivity (Wildman–Crippen MR) is 58.3 cm³/mol. The molecule has 0 bridgehead atoms. The summed E-state index contributed by atoms with van der Waals surface area (Å²) in [4.78, 5) is 4.10. The molecule has 15 heavy (non-hydrogen) atoms. The normalized spacial score (nSPS) is 16.2. The number of ether oxygens (including phenoxy) is 2. The monoisotopic (exact) mass is 207 g/mol. The first-order valence-electron chi connectivity index (χ1n) is 5.34. The molecule has 0 unspecified atom stereocenters. The van der Waals surface area contributed by atoms with Gasteiger partial charge in [-0.2, -0.15) is 0 Å². The highest BCUT2D eigenvalue weighted by atomic mass is 16.5. The summed E-state index contributed by atoms with van der Waals surface area (Å²) in [6.07, 6.45) is 6.16. The van der Waals surface area contributed by atoms with Gasteiger partial charge in [0.25, 0.3) is 0 Å². The molecular weight excluding hydrogens is 190 g/mol. The van der Waals surface area contributed by atoms with E-state index in [1.165, 1.54) is 0 Å². The van der Waals surface area contributed by atoms with Gasteiger partial charge in [0.05, 0.1) is 18.5 Å². The van der Waals surface area contributed by atoms with E-state index < -0.39 is 0 Å². The van der Waals surface area contributed by atoms with E-state index in [0.717, 1.165) is 24.3 Å². The molecule has 1 heterocycles. The highest BCUT2D eigenvalue weighted by Gasteiger charge is 2.23. The Hall–Kier alpha value is -1.25. The lowest BCUT2D eigenvalue weighted by atomic mass is 10.2. The highest BCUT2D eigenvalue weighted by Crippen LogP contribution is 2.28. The summed E-state index contributed by atoms with van der Waals surface area (Å²) in [6, 6.07) is 1.90. The first kappa shape index (κ1) is 10.3. The Morgan fingerprint density at radius 3 is 2.47 bits per heavy atom. The molecular formula is C12H17NO2. The number of hydrogen-bond acceptors (Lipinski definition) is 3. The first-order chi connectivity index (χ1) is 7.03. The van der Waals surface area contributed by atoms with Gasteiger partial charge in [0.1, 0.15) is 17.1 Å². The number of pyridine rings is 1. The van der Waals surface area contributed by atoms with E-state index in [-0.39, 0.29) is 5.60 Å². The average molecular weight is 207 g/mol. The summed E-state index contributed by atoms with van der Waals surface area (Å²) in [5.74, 6) is 1.57. The minimum Gasteiger partial charge on any atom is -0.489 e. The molecule has 3 heteroatoms. The average Bonchev–Trinajstić information content (AvgIpc) is 2.85. The fourth-order valence-corrected chi connectivity index (χ4v) is 1.25. The van der Waals surface area contributed by atoms with E-state index in [9.17, 15) is 0 Å². The third-order valence-corrected chi connectivity index (χ3v) is 1.94. The number of rotatable bonds is 3. The van der Waals surface area contributed by atoms with Crippen LogP contribution in [0.25, 0.3) is 0 Å². The van der Waals surface area contributed by atoms with Crippen LogP contribution in [-0.4, -0.2) is 16.7 Å². The van der Waals surface area contributed by atoms with Crippen molar-refractivity contribution in [2.75, 3.05) is 0 Å². The third kappa shape index (κ3) is 3.42. The second kappa shape index (κ2) is 3.72. The molecule has 82 valence electrons. The van der Waals surface area contributed by atoms with Crippen molar-refractivity contribution in [3.63, 3.8) is 0 Å². The van der Waals surface area contributed by atoms with Gasteiger partial charge in [0.2, 0.25) is 0 Å². The molecule has 0 spiro atoms. The zero-order valence-electron chi connectivity index (χ0n) is 9.49. The van der Waals surface area contributed by atoms with Crippen LogP contribution in [0.15, 0.2) is 18.5 Å². The van der Waals surface area contributed by atoms with Crippen LogP contribution in [-0.2, 0) is 0 Å². The van der Waals surface area contributed by atoms with Crippen LogP contribution in [0.2, 0.25) is 0 Å². The Bertz CT molecular complexity index is 340. The van der Waals surface area contributed by atoms with E-state index in [4.69, 9.17) is 9.47 Å². The second-order valence-corrected chi connectivity index (χ2v) is 4.89. The molecule has 2 rings (SSSR count). The van der Waals surface area contributed by atoms with E-state index in [1.54, 1.807) is 12.4 Å². The summed E-state index contributed by atoms with van der Waals surface area (Å²) in [5, 5.41) is 0. The van der Waals surface area contributed by atoms with E-state index >= 15 is 0 Å². The molecule has 0 aliphatic heterocycles. The van der Waals surface area contributed by atoms with Gasteiger partial charge in [-0.25, -0.2) is 0 Å². The van der Waals surface area contributed by atoms with Crippen molar-refractivity contribution in [1.29, 1.82) is 0 Å². The van der Waals surface area contributed by atoms with Crippen LogP contribution in [0.4, 0.5) is 0 Å². The Labute approximate surface area is 90.4 Å². The molecule has 1 aliphatic rings. The van der Waals surface area contributed by atoms with Crippen LogP contribution < -0.4 is 9.47 Å². The van der Waals surface area contributed by atoms with Crippen LogP contribution in [0.3, 0.4) is 0 Å². The zero-order chi connectivity index (χ0) is 10.9. The molecule has 1 aromatic rings. The smallest absolute Gasteiger partial charge is 0.142 e. The minimum absolute atomic E-state index is 0.195. The van der Waals surface area contributed by atoms with Gasteiger partial charge in [-0.05, 0) is 33.6 Å². The lowest BCUT2D eigenvalue weighted by Crippen LogP contribution is -2.23. The van der Waals surface area contributed by atoms with Crippen molar-refractivity contribution in [2.45, 2.75) is 45.3 Å². The second-order valence-electron chi connectivity index (χ2n) is 4.89. The maximum atomic E-state index is 5.70. The maximum absolute atomic E-state index is 5.70. The third-order valence-electron chi connectivity index (χ3n) is 1.94. The van der Waals surface area contributed by atoms with E-state index in [0.29, 0.717) is 6.10 Å². The largest absolute Gasteiger partial charge is 0.489 e. The predicted octanol–water partition coefficient (Wildman–Crippen LogP) is 2.80. The van der Waals surface area contributed by atoms with Gasteiger partial charge in [-0.3, -0.25) is 4.98 Å². The van der Waals surface area contributed by atoms with Crippen molar-refractivity contribution in [1.82, 2.24) is 4.98 Å². The molecule has 0 radical (unpaired) electrons. The fourth-order valence-electron chi connectivity index (χ4n) is 1.25. The first-order valence-corrected chi connectivity index (χ1v) is 5.34. The summed E-state index contributed by atoms with van der Waals surface area (Å²) in [6.45, 7) is 6.05. The quantitative estimate of drug-likeness (QED) is 0.763. The summed E-state index contributed by atoms with van der Waals surface area (Å²) < 4.78 is 11.3. The Morgan fingerprint density at radius 1 is 1.20 bits per heavy atom. The van der Waals surface area contributed by atoms with Crippen molar-refractivity contribution in [3.8, 4) is 11.5 Å². The molecule has 3 nitrogen and oxygen atoms in total. The molecule has 0 atom stereocenters. The molecule has 0 saturated heterocycles. The lowest BCUT2D eigenvalue weighted by Gasteiger charge is -2.21. The molecule has 0 aromatic carbocycles. The number of hydrogen-bond donors (Lipinski definition) is 0. The van der Waals surface area contributed by atoms with E-state index in [1.807, 2.05) is 26.8 Å². The van der Waals surface area contributed by atoms with Crippen molar-refractivity contribution < 1.29 is 9.47 Å². The van der Waals surface area contributed by atoms with Gasteiger partial charge >= 0.3 is 0 Å². The van der Waals surface area contributed by atoms with Crippen LogP contribution in [0.1, 0.15) is 33.6 Å². The van der Waals surface area contributed by atoms with Crippen LogP contribution in [0, 0.1) is 0 Å². The zero-order valence-corrected chi connectivity index (χ0v) is 9.49. The molecule has 0 amide bonds. The Kier molecular flexibility index (Phi) is 2.55. The van der Waals surface area contributed by atoms with Crippen molar-refractivity contribution in [2.24, 2.45) is 0 Å². The number of aromatic nitrogens is 1. The van der Waals surface area contributed by atoms with Gasteiger partial charge < -0.3 is 9.47 Å². The molecule has 0 N–H and O–H groups in total. The molecule has 1 fully saturated rings. The summed E-state index contributed by atoms with van der Waals surface area (Å²) in [5.41, 5.74) is -0.195. The highest BCUT2D eigenvalue weighted by molar-refractivity contribution is 5.29. The van der Waals surface area contributed by atoms with Gasteiger partial charge in [0.15, 0.2) is 0 Å². The Balaban J connectivity index is 2.04. The van der Waals surface area contributed by atoms with Crippen molar-refractivity contribution >= 4 is 0 Å².